The molecule has 0 N–H and O–H groups in total. The van der Waals surface area contributed by atoms with E-state index in [0.717, 1.165) is 18.8 Å². The first-order valence-corrected chi connectivity index (χ1v) is 4.89. The Kier molecular flexibility index (Phi) is 1.92. The molecule has 62 valence electrons. The van der Waals surface area contributed by atoms with Gasteiger partial charge in [0.1, 0.15) is 0 Å². The number of rotatable bonds is 0. The monoisotopic (exact) mass is 172 g/mol. The van der Waals surface area contributed by atoms with Crippen LogP contribution in [0.5, 0.6) is 0 Å². The van der Waals surface area contributed by atoms with Crippen molar-refractivity contribution in [1.29, 1.82) is 0 Å². The zero-order valence-corrected chi connectivity index (χ0v) is 7.31. The van der Waals surface area contributed by atoms with E-state index in [0.29, 0.717) is 5.92 Å². The SMILES string of the molecule is O=C1CC[C@@H]2CCC[C@@H]2C1Cl. The second kappa shape index (κ2) is 2.78. The number of hydrogen-bond acceptors (Lipinski definition) is 1. The van der Waals surface area contributed by atoms with Gasteiger partial charge in [-0.1, -0.05) is 12.8 Å². The van der Waals surface area contributed by atoms with Crippen molar-refractivity contribution in [2.24, 2.45) is 11.8 Å². The minimum Gasteiger partial charge on any atom is -0.298 e. The predicted octanol–water partition coefficient (Wildman–Crippen LogP) is 2.37. The summed E-state index contributed by atoms with van der Waals surface area (Å²) < 4.78 is 0. The maximum atomic E-state index is 11.2. The molecule has 0 aromatic carbocycles. The van der Waals surface area contributed by atoms with Gasteiger partial charge in [-0.25, -0.2) is 0 Å². The quantitative estimate of drug-likeness (QED) is 0.513. The van der Waals surface area contributed by atoms with Crippen LogP contribution in [0.15, 0.2) is 0 Å². The van der Waals surface area contributed by atoms with Crippen molar-refractivity contribution in [2.45, 2.75) is 37.5 Å². The molecule has 11 heavy (non-hydrogen) atoms. The maximum Gasteiger partial charge on any atom is 0.150 e. The summed E-state index contributed by atoms with van der Waals surface area (Å²) >= 11 is 6.02. The third kappa shape index (κ3) is 1.20. The average Bonchev–Trinajstić information content (AvgIpc) is 2.45. The van der Waals surface area contributed by atoms with Crippen LogP contribution in [0, 0.1) is 11.8 Å². The van der Waals surface area contributed by atoms with Crippen LogP contribution in [0.25, 0.3) is 0 Å². The fourth-order valence-electron chi connectivity index (χ4n) is 2.51. The lowest BCUT2D eigenvalue weighted by Gasteiger charge is -2.28. The Bertz CT molecular complexity index is 178. The molecule has 0 aliphatic heterocycles. The molecule has 2 fully saturated rings. The first-order chi connectivity index (χ1) is 5.29. The Morgan fingerprint density at radius 1 is 1.27 bits per heavy atom. The van der Waals surface area contributed by atoms with E-state index >= 15 is 0 Å². The van der Waals surface area contributed by atoms with Gasteiger partial charge in [-0.05, 0) is 24.7 Å². The summed E-state index contributed by atoms with van der Waals surface area (Å²) in [5.74, 6) is 1.59. The molecular formula is C9H13ClO. The van der Waals surface area contributed by atoms with Gasteiger partial charge in [-0.3, -0.25) is 4.79 Å². The summed E-state index contributed by atoms with van der Waals surface area (Å²) in [4.78, 5) is 11.2. The summed E-state index contributed by atoms with van der Waals surface area (Å²) in [6.45, 7) is 0. The van der Waals surface area contributed by atoms with Crippen LogP contribution in [-0.2, 0) is 4.79 Å². The standard InChI is InChI=1S/C9H13ClO/c10-9-7-3-1-2-6(7)4-5-8(9)11/h6-7,9H,1-5H2/t6-,7-,9?/m0/s1. The molecule has 2 aliphatic carbocycles. The number of ketones is 1. The van der Waals surface area contributed by atoms with Crippen LogP contribution in [-0.4, -0.2) is 11.2 Å². The summed E-state index contributed by atoms with van der Waals surface area (Å²) in [7, 11) is 0. The third-order valence-electron chi connectivity index (χ3n) is 3.16. The van der Waals surface area contributed by atoms with Crippen LogP contribution in [0.1, 0.15) is 32.1 Å². The molecule has 2 saturated carbocycles. The maximum absolute atomic E-state index is 11.2. The van der Waals surface area contributed by atoms with Crippen molar-refractivity contribution in [3.05, 3.63) is 0 Å². The number of Topliss-reactive ketones (excluding diaryl/α,β-unsaturated/α-hetero) is 1. The number of hydrogen-bond donors (Lipinski definition) is 0. The minimum absolute atomic E-state index is 0.142. The third-order valence-corrected chi connectivity index (χ3v) is 3.73. The smallest absolute Gasteiger partial charge is 0.150 e. The van der Waals surface area contributed by atoms with E-state index in [9.17, 15) is 4.79 Å². The van der Waals surface area contributed by atoms with Crippen LogP contribution in [0.3, 0.4) is 0 Å². The first-order valence-electron chi connectivity index (χ1n) is 4.46. The summed E-state index contributed by atoms with van der Waals surface area (Å²) in [5.41, 5.74) is 0. The normalized spacial score (nSPS) is 44.1. The molecule has 0 saturated heterocycles. The Balaban J connectivity index is 2.11. The Hall–Kier alpha value is -0.0400. The first kappa shape index (κ1) is 7.60. The molecule has 2 heteroatoms. The highest BCUT2D eigenvalue weighted by Gasteiger charge is 2.39. The van der Waals surface area contributed by atoms with E-state index < -0.39 is 0 Å². The lowest BCUT2D eigenvalue weighted by molar-refractivity contribution is -0.121. The lowest BCUT2D eigenvalue weighted by atomic mass is 9.81. The van der Waals surface area contributed by atoms with Gasteiger partial charge in [0.25, 0.3) is 0 Å². The highest BCUT2D eigenvalue weighted by Crippen LogP contribution is 2.42. The number of fused-ring (bicyclic) bond motifs is 1. The molecule has 0 heterocycles. The van der Waals surface area contributed by atoms with E-state index in [4.69, 9.17) is 11.6 Å². The zero-order valence-electron chi connectivity index (χ0n) is 6.55. The Morgan fingerprint density at radius 2 is 2.09 bits per heavy atom. The average molecular weight is 173 g/mol. The van der Waals surface area contributed by atoms with Gasteiger partial charge < -0.3 is 0 Å². The van der Waals surface area contributed by atoms with Crippen LogP contribution < -0.4 is 0 Å². The number of alkyl halides is 1. The van der Waals surface area contributed by atoms with Gasteiger partial charge in [0, 0.05) is 6.42 Å². The molecule has 0 aromatic heterocycles. The van der Waals surface area contributed by atoms with Gasteiger partial charge in [-0.2, -0.15) is 0 Å². The highest BCUT2D eigenvalue weighted by atomic mass is 35.5. The van der Waals surface area contributed by atoms with Crippen molar-refractivity contribution < 1.29 is 4.79 Å². The predicted molar refractivity (Wildman–Crippen MR) is 44.7 cm³/mol. The van der Waals surface area contributed by atoms with Crippen molar-refractivity contribution in [1.82, 2.24) is 0 Å². The molecule has 0 bridgehead atoms. The molecule has 1 nitrogen and oxygen atoms in total. The van der Waals surface area contributed by atoms with E-state index in [1.165, 1.54) is 19.3 Å². The number of carbonyl (C=O) groups excluding carboxylic acids is 1. The Labute approximate surface area is 72.1 Å². The van der Waals surface area contributed by atoms with Gasteiger partial charge in [-0.15, -0.1) is 11.6 Å². The van der Waals surface area contributed by atoms with E-state index in [2.05, 4.69) is 0 Å². The van der Waals surface area contributed by atoms with Gasteiger partial charge in [0.15, 0.2) is 5.78 Å². The molecule has 2 rings (SSSR count). The van der Waals surface area contributed by atoms with Crippen LogP contribution >= 0.6 is 11.6 Å². The fourth-order valence-corrected chi connectivity index (χ4v) is 2.95. The van der Waals surface area contributed by atoms with Crippen molar-refractivity contribution in [2.75, 3.05) is 0 Å². The minimum atomic E-state index is -0.142. The lowest BCUT2D eigenvalue weighted by Crippen LogP contribution is -2.32. The molecule has 0 amide bonds. The van der Waals surface area contributed by atoms with Gasteiger partial charge in [0.2, 0.25) is 0 Å². The molecule has 0 spiro atoms. The number of halogens is 1. The number of carbonyl (C=O) groups is 1. The van der Waals surface area contributed by atoms with Crippen molar-refractivity contribution in [3.8, 4) is 0 Å². The molecular weight excluding hydrogens is 160 g/mol. The molecule has 0 aromatic rings. The Morgan fingerprint density at radius 3 is 2.91 bits per heavy atom. The van der Waals surface area contributed by atoms with Gasteiger partial charge >= 0.3 is 0 Å². The summed E-state index contributed by atoms with van der Waals surface area (Å²) in [6, 6.07) is 0. The second-order valence-corrected chi connectivity index (χ2v) is 4.23. The summed E-state index contributed by atoms with van der Waals surface area (Å²) in [6.07, 6.45) is 5.61. The zero-order chi connectivity index (χ0) is 7.84. The summed E-state index contributed by atoms with van der Waals surface area (Å²) in [5, 5.41) is -0.142. The van der Waals surface area contributed by atoms with Gasteiger partial charge in [0.05, 0.1) is 5.38 Å². The fraction of sp³-hybridized carbons (Fsp3) is 0.889. The van der Waals surface area contributed by atoms with E-state index in [-0.39, 0.29) is 11.2 Å². The molecule has 2 aliphatic rings. The molecule has 1 unspecified atom stereocenters. The second-order valence-electron chi connectivity index (χ2n) is 3.76. The highest BCUT2D eigenvalue weighted by molar-refractivity contribution is 6.31. The largest absolute Gasteiger partial charge is 0.298 e. The van der Waals surface area contributed by atoms with Crippen molar-refractivity contribution in [3.63, 3.8) is 0 Å². The molecule has 0 radical (unpaired) electrons. The van der Waals surface area contributed by atoms with Crippen LogP contribution in [0.4, 0.5) is 0 Å². The van der Waals surface area contributed by atoms with Crippen LogP contribution in [0.2, 0.25) is 0 Å². The topological polar surface area (TPSA) is 17.1 Å². The van der Waals surface area contributed by atoms with E-state index in [1.807, 2.05) is 0 Å². The van der Waals surface area contributed by atoms with E-state index in [1.54, 1.807) is 0 Å². The molecule has 3 atom stereocenters. The van der Waals surface area contributed by atoms with Crippen molar-refractivity contribution >= 4 is 17.4 Å².